The number of methoxy groups -OCH3 is 1. The second-order valence-electron chi connectivity index (χ2n) is 8.85. The van der Waals surface area contributed by atoms with Gasteiger partial charge in [-0.05, 0) is 75.3 Å². The van der Waals surface area contributed by atoms with Crippen LogP contribution in [0, 0.1) is 13.8 Å². The number of aromatic nitrogens is 3. The molecule has 2 aromatic heterocycles. The third-order valence-corrected chi connectivity index (χ3v) is 8.24. The van der Waals surface area contributed by atoms with Crippen LogP contribution in [-0.4, -0.2) is 39.5 Å². The Hall–Kier alpha value is -2.85. The minimum Gasteiger partial charge on any atom is -0.486 e. The number of hydrogen-bond acceptors (Lipinski definition) is 8. The highest BCUT2D eigenvalue weighted by Crippen LogP contribution is 2.38. The predicted octanol–water partition coefficient (Wildman–Crippen LogP) is 5.34. The minimum absolute atomic E-state index is 0.152. The van der Waals surface area contributed by atoms with Gasteiger partial charge < -0.3 is 19.4 Å². The Kier molecular flexibility index (Phi) is 8.68. The summed E-state index contributed by atoms with van der Waals surface area (Å²) in [5.74, 6) is 1.06. The van der Waals surface area contributed by atoms with E-state index in [2.05, 4.69) is 21.6 Å². The van der Waals surface area contributed by atoms with E-state index in [1.807, 2.05) is 37.5 Å². The lowest BCUT2D eigenvalue weighted by Gasteiger charge is -2.10. The Morgan fingerprint density at radius 1 is 1.11 bits per heavy atom. The molecule has 8 nitrogen and oxygen atoms in total. The Balaban J connectivity index is 1.41. The van der Waals surface area contributed by atoms with E-state index in [4.69, 9.17) is 9.47 Å². The highest BCUT2D eigenvalue weighted by molar-refractivity contribution is 7.99. The Morgan fingerprint density at radius 3 is 2.58 bits per heavy atom. The Labute approximate surface area is 219 Å². The molecule has 1 aliphatic carbocycles. The van der Waals surface area contributed by atoms with Crippen molar-refractivity contribution in [2.45, 2.75) is 71.2 Å². The average Bonchev–Trinajstić information content (AvgIpc) is 3.32. The molecule has 0 saturated heterocycles. The van der Waals surface area contributed by atoms with E-state index < -0.39 is 5.97 Å². The van der Waals surface area contributed by atoms with E-state index in [1.54, 1.807) is 0 Å². The number of esters is 1. The lowest BCUT2D eigenvalue weighted by atomic mass is 10.1. The number of fused-ring (bicyclic) bond motifs is 1. The molecule has 1 amide bonds. The number of ether oxygens (including phenoxy) is 2. The molecule has 1 N–H and O–H groups in total. The summed E-state index contributed by atoms with van der Waals surface area (Å²) in [5.41, 5.74) is 3.83. The number of amides is 1. The summed E-state index contributed by atoms with van der Waals surface area (Å²) in [6, 6.07) is 6.08. The van der Waals surface area contributed by atoms with Gasteiger partial charge in [-0.2, -0.15) is 0 Å². The van der Waals surface area contributed by atoms with E-state index in [1.165, 1.54) is 35.1 Å². The lowest BCUT2D eigenvalue weighted by Crippen LogP contribution is -2.17. The van der Waals surface area contributed by atoms with Crippen molar-refractivity contribution in [3.63, 3.8) is 0 Å². The number of carbonyl (C=O) groups excluding carboxylic acids is 2. The number of nitrogens with zero attached hydrogens (tertiary/aromatic N) is 3. The average molecular weight is 529 g/mol. The zero-order chi connectivity index (χ0) is 25.7. The normalized spacial score (nSPS) is 13.1. The monoisotopic (exact) mass is 528 g/mol. The summed E-state index contributed by atoms with van der Waals surface area (Å²) >= 11 is 2.81. The lowest BCUT2D eigenvalue weighted by molar-refractivity contribution is -0.113. The number of thiophene rings is 1. The Morgan fingerprint density at radius 2 is 1.86 bits per heavy atom. The van der Waals surface area contributed by atoms with Gasteiger partial charge in [0.05, 0.1) is 18.4 Å². The minimum atomic E-state index is -0.392. The first-order chi connectivity index (χ1) is 17.4. The van der Waals surface area contributed by atoms with Crippen LogP contribution in [0.25, 0.3) is 0 Å². The maximum Gasteiger partial charge on any atom is 0.341 e. The van der Waals surface area contributed by atoms with Crippen molar-refractivity contribution in [3.05, 3.63) is 51.2 Å². The van der Waals surface area contributed by atoms with Gasteiger partial charge in [0.2, 0.25) is 5.91 Å². The fraction of sp³-hybridized carbons (Fsp3) is 0.462. The number of carbonyl (C=O) groups is 2. The van der Waals surface area contributed by atoms with E-state index in [9.17, 15) is 9.59 Å². The van der Waals surface area contributed by atoms with Crippen molar-refractivity contribution in [2.24, 2.45) is 0 Å². The molecule has 0 bridgehead atoms. The van der Waals surface area contributed by atoms with Crippen LogP contribution in [0.2, 0.25) is 0 Å². The zero-order valence-electron chi connectivity index (χ0n) is 21.2. The zero-order valence-corrected chi connectivity index (χ0v) is 22.8. The topological polar surface area (TPSA) is 95.3 Å². The maximum atomic E-state index is 12.9. The molecule has 1 aliphatic rings. The van der Waals surface area contributed by atoms with Crippen LogP contribution in [0.4, 0.5) is 5.00 Å². The number of hydrogen-bond donors (Lipinski definition) is 1. The standard InChI is InChI=1S/C26H32N4O4S2/c1-5-30-21(14-34-18-12-16(2)11-17(3)13-18)28-29-26(30)35-15-22(31)27-24-23(25(32)33-4)19-9-7-6-8-10-20(19)36-24/h11-13H,5-10,14-15H2,1-4H3,(H,27,31). The number of thioether (sulfide) groups is 1. The maximum absolute atomic E-state index is 12.9. The van der Waals surface area contributed by atoms with Crippen molar-refractivity contribution in [1.82, 2.24) is 14.8 Å². The molecule has 0 saturated carbocycles. The van der Waals surface area contributed by atoms with Crippen LogP contribution < -0.4 is 10.1 Å². The molecule has 0 unspecified atom stereocenters. The van der Waals surface area contributed by atoms with Gasteiger partial charge in [-0.1, -0.05) is 24.2 Å². The molecule has 0 spiro atoms. The third-order valence-electron chi connectivity index (χ3n) is 6.07. The molecule has 3 aromatic rings. The van der Waals surface area contributed by atoms with Crippen LogP contribution in [-0.2, 0) is 35.5 Å². The van der Waals surface area contributed by atoms with Crippen molar-refractivity contribution in [2.75, 3.05) is 18.2 Å². The summed E-state index contributed by atoms with van der Waals surface area (Å²) in [6.07, 6.45) is 5.06. The Bertz CT molecular complexity index is 1230. The molecule has 1 aromatic carbocycles. The van der Waals surface area contributed by atoms with E-state index in [0.717, 1.165) is 54.5 Å². The fourth-order valence-electron chi connectivity index (χ4n) is 4.46. The molecule has 10 heteroatoms. The second kappa shape index (κ2) is 11.9. The number of benzene rings is 1. The largest absolute Gasteiger partial charge is 0.486 e. The van der Waals surface area contributed by atoms with Gasteiger partial charge in [-0.25, -0.2) is 4.79 Å². The first-order valence-corrected chi connectivity index (χ1v) is 14.0. The molecule has 0 atom stereocenters. The van der Waals surface area contributed by atoms with Crippen molar-refractivity contribution < 1.29 is 19.1 Å². The first kappa shape index (κ1) is 26.2. The smallest absolute Gasteiger partial charge is 0.341 e. The highest BCUT2D eigenvalue weighted by Gasteiger charge is 2.26. The van der Waals surface area contributed by atoms with Crippen LogP contribution >= 0.6 is 23.1 Å². The second-order valence-corrected chi connectivity index (χ2v) is 10.9. The van der Waals surface area contributed by atoms with Crippen molar-refractivity contribution in [3.8, 4) is 5.75 Å². The summed E-state index contributed by atoms with van der Waals surface area (Å²) < 4.78 is 12.9. The molecule has 192 valence electrons. The van der Waals surface area contributed by atoms with Gasteiger partial charge in [0.15, 0.2) is 11.0 Å². The predicted molar refractivity (Wildman–Crippen MR) is 142 cm³/mol. The summed E-state index contributed by atoms with van der Waals surface area (Å²) in [5, 5.41) is 12.8. The van der Waals surface area contributed by atoms with Gasteiger partial charge in [0, 0.05) is 11.4 Å². The van der Waals surface area contributed by atoms with Crippen molar-refractivity contribution in [1.29, 1.82) is 0 Å². The molecule has 0 radical (unpaired) electrons. The van der Waals surface area contributed by atoms with Crippen molar-refractivity contribution >= 4 is 40.0 Å². The highest BCUT2D eigenvalue weighted by atomic mass is 32.2. The molecule has 0 fully saturated rings. The van der Waals surface area contributed by atoms with Gasteiger partial charge >= 0.3 is 5.97 Å². The van der Waals surface area contributed by atoms with Crippen LogP contribution in [0.3, 0.4) is 0 Å². The summed E-state index contributed by atoms with van der Waals surface area (Å²) in [7, 11) is 1.38. The molecule has 0 aliphatic heterocycles. The van der Waals surface area contributed by atoms with Gasteiger partial charge in [0.25, 0.3) is 0 Å². The molecule has 36 heavy (non-hydrogen) atoms. The summed E-state index contributed by atoms with van der Waals surface area (Å²) in [4.78, 5) is 26.5. The summed E-state index contributed by atoms with van der Waals surface area (Å²) in [6.45, 7) is 7.03. The van der Waals surface area contributed by atoms with Gasteiger partial charge in [-0.15, -0.1) is 21.5 Å². The SMILES string of the molecule is CCn1c(COc2cc(C)cc(C)c2)nnc1SCC(=O)Nc1sc2c(c1C(=O)OC)CCCCC2. The van der Waals surface area contributed by atoms with Gasteiger partial charge in [-0.3, -0.25) is 4.79 Å². The number of nitrogens with one attached hydrogen (secondary N) is 1. The molecule has 2 heterocycles. The van der Waals surface area contributed by atoms with E-state index in [0.29, 0.717) is 34.7 Å². The number of rotatable bonds is 9. The van der Waals surface area contributed by atoms with Crippen LogP contribution in [0.1, 0.15) is 63.9 Å². The number of aryl methyl sites for hydroxylation is 3. The molecule has 4 rings (SSSR count). The first-order valence-electron chi connectivity index (χ1n) is 12.2. The third kappa shape index (κ3) is 6.10. The van der Waals surface area contributed by atoms with Gasteiger partial charge in [0.1, 0.15) is 17.4 Å². The number of anilines is 1. The van der Waals surface area contributed by atoms with Crippen LogP contribution in [0.15, 0.2) is 23.4 Å². The molecular weight excluding hydrogens is 496 g/mol. The quantitative estimate of drug-likeness (QED) is 0.227. The van der Waals surface area contributed by atoms with E-state index >= 15 is 0 Å². The van der Waals surface area contributed by atoms with E-state index in [-0.39, 0.29) is 11.7 Å². The van der Waals surface area contributed by atoms with Crippen LogP contribution in [0.5, 0.6) is 5.75 Å². The molecular formula is C26H32N4O4S2. The fourth-order valence-corrected chi connectivity index (χ4v) is 6.57.